The van der Waals surface area contributed by atoms with Crippen molar-refractivity contribution in [3.8, 4) is 0 Å². The number of fused-ring (bicyclic) bond motifs is 1. The van der Waals surface area contributed by atoms with Crippen molar-refractivity contribution in [3.05, 3.63) is 58.7 Å². The molecular formula is C24H28N2O3. The summed E-state index contributed by atoms with van der Waals surface area (Å²) < 4.78 is 6.27. The molecule has 0 unspecified atom stereocenters. The van der Waals surface area contributed by atoms with Gasteiger partial charge in [0.25, 0.3) is 0 Å². The molecule has 5 rings (SSSR count). The fraction of sp³-hybridized carbons (Fsp3) is 0.500. The van der Waals surface area contributed by atoms with Gasteiger partial charge in [-0.1, -0.05) is 42.0 Å². The molecule has 5 heteroatoms. The number of benzene rings is 1. The Balaban J connectivity index is 1.38. The molecule has 5 nitrogen and oxygen atoms in total. The second-order valence-corrected chi connectivity index (χ2v) is 9.10. The van der Waals surface area contributed by atoms with Crippen LogP contribution in [0.2, 0.25) is 0 Å². The SMILES string of the molecule is CC1=CCN(C(=O)[C@@H]2[C@@H]3C=C[C@@]4(CN(Cc5ccc(C)c(C)c5)C(=O)[C@H]24)O3)CC1. The van der Waals surface area contributed by atoms with E-state index in [1.165, 1.54) is 16.7 Å². The van der Waals surface area contributed by atoms with E-state index >= 15 is 0 Å². The van der Waals surface area contributed by atoms with Gasteiger partial charge in [-0.05, 0) is 43.9 Å². The standard InChI is InChI=1S/C24H28N2O3/c1-15-7-10-25(11-8-15)22(27)20-19-6-9-24(29-19)14-26(23(28)21(20)24)13-18-5-4-16(2)17(3)12-18/h4-7,9,12,19-21H,8,10-11,13-14H2,1-3H3/t19-,20+,21-,24-/m0/s1. The molecule has 2 amide bonds. The zero-order valence-corrected chi connectivity index (χ0v) is 17.4. The smallest absolute Gasteiger partial charge is 0.230 e. The molecule has 0 saturated carbocycles. The van der Waals surface area contributed by atoms with Crippen LogP contribution in [0.3, 0.4) is 0 Å². The van der Waals surface area contributed by atoms with Crippen LogP contribution in [-0.2, 0) is 20.9 Å². The first-order valence-electron chi connectivity index (χ1n) is 10.5. The molecule has 1 aromatic carbocycles. The molecule has 0 aromatic heterocycles. The van der Waals surface area contributed by atoms with E-state index in [1.807, 2.05) is 22.0 Å². The average molecular weight is 392 g/mol. The van der Waals surface area contributed by atoms with E-state index < -0.39 is 17.4 Å². The monoisotopic (exact) mass is 392 g/mol. The molecule has 1 spiro atoms. The van der Waals surface area contributed by atoms with Crippen molar-refractivity contribution in [1.29, 1.82) is 0 Å². The van der Waals surface area contributed by atoms with Crippen LogP contribution in [0.5, 0.6) is 0 Å². The molecule has 0 aliphatic carbocycles. The van der Waals surface area contributed by atoms with Crippen molar-refractivity contribution in [3.63, 3.8) is 0 Å². The van der Waals surface area contributed by atoms with E-state index in [1.54, 1.807) is 0 Å². The molecule has 152 valence electrons. The van der Waals surface area contributed by atoms with Gasteiger partial charge >= 0.3 is 0 Å². The molecule has 4 atom stereocenters. The molecule has 4 aliphatic heterocycles. The van der Waals surface area contributed by atoms with Crippen molar-refractivity contribution in [2.45, 2.75) is 45.4 Å². The maximum Gasteiger partial charge on any atom is 0.230 e. The van der Waals surface area contributed by atoms with Crippen LogP contribution in [0.4, 0.5) is 0 Å². The van der Waals surface area contributed by atoms with E-state index in [9.17, 15) is 9.59 Å². The number of carbonyl (C=O) groups excluding carboxylic acids is 2. The Kier molecular flexibility index (Phi) is 4.21. The largest absolute Gasteiger partial charge is 0.360 e. The zero-order valence-electron chi connectivity index (χ0n) is 17.4. The fourth-order valence-electron chi connectivity index (χ4n) is 5.30. The third kappa shape index (κ3) is 2.86. The Hall–Kier alpha value is -2.40. The van der Waals surface area contributed by atoms with Crippen LogP contribution in [0.15, 0.2) is 42.0 Å². The van der Waals surface area contributed by atoms with Crippen LogP contribution < -0.4 is 0 Å². The van der Waals surface area contributed by atoms with Gasteiger partial charge in [0.15, 0.2) is 0 Å². The van der Waals surface area contributed by atoms with Crippen molar-refractivity contribution in [1.82, 2.24) is 9.80 Å². The molecular weight excluding hydrogens is 364 g/mol. The average Bonchev–Trinajstić information content (AvgIpc) is 3.33. The van der Waals surface area contributed by atoms with E-state index in [0.29, 0.717) is 19.6 Å². The van der Waals surface area contributed by atoms with E-state index in [-0.39, 0.29) is 17.9 Å². The summed E-state index contributed by atoms with van der Waals surface area (Å²) in [5.41, 5.74) is 4.29. The lowest BCUT2D eigenvalue weighted by Gasteiger charge is -2.31. The minimum atomic E-state index is -0.636. The van der Waals surface area contributed by atoms with E-state index in [4.69, 9.17) is 4.74 Å². The molecule has 2 fully saturated rings. The second kappa shape index (κ2) is 6.56. The van der Waals surface area contributed by atoms with Gasteiger partial charge < -0.3 is 14.5 Å². The minimum Gasteiger partial charge on any atom is -0.360 e. The van der Waals surface area contributed by atoms with E-state index in [2.05, 4.69) is 45.0 Å². The molecule has 4 aliphatic rings. The van der Waals surface area contributed by atoms with Gasteiger partial charge in [0.1, 0.15) is 5.60 Å². The third-order valence-corrected chi connectivity index (χ3v) is 7.16. The predicted octanol–water partition coefficient (Wildman–Crippen LogP) is 2.76. The minimum absolute atomic E-state index is 0.0529. The van der Waals surface area contributed by atoms with Crippen LogP contribution in [-0.4, -0.2) is 53.0 Å². The highest BCUT2D eigenvalue weighted by Gasteiger charge is 2.67. The Labute approximate surface area is 172 Å². The number of ether oxygens (including phenoxy) is 1. The van der Waals surface area contributed by atoms with Gasteiger partial charge in [0.05, 0.1) is 24.5 Å². The summed E-state index contributed by atoms with van der Waals surface area (Å²) in [5.74, 6) is -0.680. The van der Waals surface area contributed by atoms with Gasteiger partial charge in [-0.15, -0.1) is 0 Å². The number of likely N-dealkylation sites (tertiary alicyclic amines) is 1. The van der Waals surface area contributed by atoms with Crippen LogP contribution in [0.1, 0.15) is 30.0 Å². The Morgan fingerprint density at radius 3 is 2.79 bits per heavy atom. The quantitative estimate of drug-likeness (QED) is 0.744. The summed E-state index contributed by atoms with van der Waals surface area (Å²) in [6.07, 6.45) is 6.78. The first kappa shape index (κ1) is 18.6. The Morgan fingerprint density at radius 2 is 2.07 bits per heavy atom. The number of nitrogens with zero attached hydrogens (tertiary/aromatic N) is 2. The van der Waals surface area contributed by atoms with Crippen LogP contribution in [0.25, 0.3) is 0 Å². The summed E-state index contributed by atoms with van der Waals surface area (Å²) in [6, 6.07) is 6.33. The molecule has 1 aromatic rings. The first-order valence-corrected chi connectivity index (χ1v) is 10.5. The number of hydrogen-bond acceptors (Lipinski definition) is 3. The number of hydrogen-bond donors (Lipinski definition) is 0. The summed E-state index contributed by atoms with van der Waals surface area (Å²) >= 11 is 0. The fourth-order valence-corrected chi connectivity index (χ4v) is 5.30. The number of carbonyl (C=O) groups is 2. The lowest BCUT2D eigenvalue weighted by Crippen LogP contribution is -2.47. The first-order chi connectivity index (χ1) is 13.9. The van der Waals surface area contributed by atoms with Crippen LogP contribution in [0, 0.1) is 25.7 Å². The maximum atomic E-state index is 13.4. The molecule has 29 heavy (non-hydrogen) atoms. The number of amides is 2. The van der Waals surface area contributed by atoms with Gasteiger partial charge in [-0.3, -0.25) is 9.59 Å². The highest BCUT2D eigenvalue weighted by Crippen LogP contribution is 2.52. The predicted molar refractivity (Wildman–Crippen MR) is 110 cm³/mol. The maximum absolute atomic E-state index is 13.4. The summed E-state index contributed by atoms with van der Waals surface area (Å²) in [4.78, 5) is 30.5. The number of rotatable bonds is 3. The lowest BCUT2D eigenvalue weighted by molar-refractivity contribution is -0.143. The topological polar surface area (TPSA) is 49.9 Å². The highest BCUT2D eigenvalue weighted by molar-refractivity contribution is 5.93. The zero-order chi connectivity index (χ0) is 20.3. The van der Waals surface area contributed by atoms with Crippen molar-refractivity contribution in [2.75, 3.05) is 19.6 Å². The summed E-state index contributed by atoms with van der Waals surface area (Å²) in [5, 5.41) is 0. The third-order valence-electron chi connectivity index (χ3n) is 7.16. The summed E-state index contributed by atoms with van der Waals surface area (Å²) in [6.45, 7) is 8.74. The number of aryl methyl sites for hydroxylation is 2. The molecule has 2 saturated heterocycles. The van der Waals surface area contributed by atoms with Crippen molar-refractivity contribution in [2.24, 2.45) is 11.8 Å². The molecule has 0 radical (unpaired) electrons. The van der Waals surface area contributed by atoms with E-state index in [0.717, 1.165) is 18.5 Å². The highest BCUT2D eigenvalue weighted by atomic mass is 16.5. The Morgan fingerprint density at radius 1 is 1.24 bits per heavy atom. The van der Waals surface area contributed by atoms with Crippen LogP contribution >= 0.6 is 0 Å². The Bertz CT molecular complexity index is 949. The van der Waals surface area contributed by atoms with Crippen molar-refractivity contribution < 1.29 is 14.3 Å². The normalized spacial score (nSPS) is 32.7. The van der Waals surface area contributed by atoms with Gasteiger partial charge in [-0.25, -0.2) is 0 Å². The summed E-state index contributed by atoms with van der Waals surface area (Å²) in [7, 11) is 0. The molecule has 0 N–H and O–H groups in total. The second-order valence-electron chi connectivity index (χ2n) is 9.10. The van der Waals surface area contributed by atoms with Crippen molar-refractivity contribution >= 4 is 11.8 Å². The van der Waals surface area contributed by atoms with Gasteiger partial charge in [0, 0.05) is 19.6 Å². The molecule has 4 heterocycles. The lowest BCUT2D eigenvalue weighted by atomic mass is 9.76. The van der Waals surface area contributed by atoms with Gasteiger partial charge in [-0.2, -0.15) is 0 Å². The molecule has 2 bridgehead atoms. The van der Waals surface area contributed by atoms with Gasteiger partial charge in [0.2, 0.25) is 11.8 Å².